The maximum Gasteiger partial charge on any atom is 0.124 e. The lowest BCUT2D eigenvalue weighted by Crippen LogP contribution is -2.22. The second-order valence-corrected chi connectivity index (χ2v) is 6.01. The molecule has 0 spiro atoms. The van der Waals surface area contributed by atoms with Gasteiger partial charge in [0.1, 0.15) is 5.82 Å². The van der Waals surface area contributed by atoms with Crippen LogP contribution in [0.25, 0.3) is 11.0 Å². The molecule has 1 aromatic heterocycles. The largest absolute Gasteiger partial charge is 0.324 e. The molecule has 0 unspecified atom stereocenters. The summed E-state index contributed by atoms with van der Waals surface area (Å²) in [4.78, 5) is 4.79. The molecule has 0 radical (unpaired) electrons. The van der Waals surface area contributed by atoms with E-state index in [4.69, 9.17) is 4.98 Å². The lowest BCUT2D eigenvalue weighted by Gasteiger charge is -2.14. The van der Waals surface area contributed by atoms with Crippen LogP contribution in [0.15, 0.2) is 18.2 Å². The van der Waals surface area contributed by atoms with Gasteiger partial charge in [-0.1, -0.05) is 19.9 Å². The van der Waals surface area contributed by atoms with E-state index < -0.39 is 0 Å². The third kappa shape index (κ3) is 3.16. The second-order valence-electron chi connectivity index (χ2n) is 6.01. The van der Waals surface area contributed by atoms with Crippen molar-refractivity contribution in [3.05, 3.63) is 29.6 Å². The van der Waals surface area contributed by atoms with Gasteiger partial charge in [-0.15, -0.1) is 0 Å². The zero-order valence-electron chi connectivity index (χ0n) is 12.7. The van der Waals surface area contributed by atoms with E-state index in [0.717, 1.165) is 24.4 Å². The highest BCUT2D eigenvalue weighted by atomic mass is 15.1. The van der Waals surface area contributed by atoms with Crippen LogP contribution in [0.3, 0.4) is 0 Å². The molecule has 0 saturated carbocycles. The maximum atomic E-state index is 4.79. The average Bonchev–Trinajstić information content (AvgIpc) is 2.65. The predicted molar refractivity (Wildman–Crippen MR) is 81.4 cm³/mol. The number of nitrogens with zero attached hydrogens (tertiary/aromatic N) is 2. The Morgan fingerprint density at radius 1 is 1.21 bits per heavy atom. The number of benzene rings is 1. The minimum absolute atomic E-state index is 0.434. The highest BCUT2D eigenvalue weighted by molar-refractivity contribution is 5.77. The summed E-state index contributed by atoms with van der Waals surface area (Å²) in [5.41, 5.74) is 3.61. The van der Waals surface area contributed by atoms with E-state index in [9.17, 15) is 0 Å². The fourth-order valence-corrected chi connectivity index (χ4v) is 2.43. The van der Waals surface area contributed by atoms with Gasteiger partial charge < -0.3 is 9.88 Å². The third-order valence-electron chi connectivity index (χ3n) is 3.27. The molecule has 3 heteroatoms. The lowest BCUT2D eigenvalue weighted by atomic mass is 10.2. The molecule has 0 bridgehead atoms. The fraction of sp³-hybridized carbons (Fsp3) is 0.562. The Morgan fingerprint density at radius 3 is 2.58 bits per heavy atom. The van der Waals surface area contributed by atoms with Crippen molar-refractivity contribution in [1.82, 2.24) is 14.9 Å². The molecule has 2 rings (SSSR count). The molecule has 0 atom stereocenters. The van der Waals surface area contributed by atoms with Crippen molar-refractivity contribution in [2.45, 2.75) is 47.2 Å². The van der Waals surface area contributed by atoms with Crippen LogP contribution in [-0.4, -0.2) is 16.1 Å². The number of aromatic nitrogens is 2. The fourth-order valence-electron chi connectivity index (χ4n) is 2.43. The monoisotopic (exact) mass is 259 g/mol. The van der Waals surface area contributed by atoms with Crippen LogP contribution in [0.1, 0.15) is 45.1 Å². The van der Waals surface area contributed by atoms with E-state index in [2.05, 4.69) is 62.7 Å². The summed E-state index contributed by atoms with van der Waals surface area (Å²) < 4.78 is 2.34. The SMILES string of the molecule is Cc1ccc2c(c1)nc(CNCC(C)C)n2C(C)C. The first-order valence-electron chi connectivity index (χ1n) is 7.17. The summed E-state index contributed by atoms with van der Waals surface area (Å²) in [5, 5.41) is 3.49. The summed E-state index contributed by atoms with van der Waals surface area (Å²) >= 11 is 0. The topological polar surface area (TPSA) is 29.9 Å². The molecule has 0 aliphatic heterocycles. The van der Waals surface area contributed by atoms with Crippen LogP contribution in [0.5, 0.6) is 0 Å². The Bertz CT molecular complexity index is 552. The number of hydrogen-bond donors (Lipinski definition) is 1. The first kappa shape index (κ1) is 14.1. The van der Waals surface area contributed by atoms with Gasteiger partial charge in [0.2, 0.25) is 0 Å². The van der Waals surface area contributed by atoms with Crippen LogP contribution >= 0.6 is 0 Å². The Balaban J connectivity index is 2.33. The highest BCUT2D eigenvalue weighted by Crippen LogP contribution is 2.22. The molecule has 1 N–H and O–H groups in total. The molecule has 19 heavy (non-hydrogen) atoms. The quantitative estimate of drug-likeness (QED) is 0.888. The summed E-state index contributed by atoms with van der Waals surface area (Å²) in [7, 11) is 0. The van der Waals surface area contributed by atoms with E-state index in [0.29, 0.717) is 12.0 Å². The van der Waals surface area contributed by atoms with E-state index >= 15 is 0 Å². The summed E-state index contributed by atoms with van der Waals surface area (Å²) in [6, 6.07) is 6.95. The number of imidazole rings is 1. The van der Waals surface area contributed by atoms with Gasteiger partial charge in [-0.25, -0.2) is 4.98 Å². The molecule has 2 aromatic rings. The molecule has 0 saturated heterocycles. The number of aryl methyl sites for hydroxylation is 1. The Kier molecular flexibility index (Phi) is 4.25. The normalized spacial score (nSPS) is 11.9. The first-order chi connectivity index (χ1) is 8.99. The first-order valence-corrected chi connectivity index (χ1v) is 7.17. The molecular formula is C16H25N3. The molecule has 0 fully saturated rings. The van der Waals surface area contributed by atoms with Gasteiger partial charge >= 0.3 is 0 Å². The molecule has 104 valence electrons. The van der Waals surface area contributed by atoms with Crippen LogP contribution in [0.4, 0.5) is 0 Å². The Hall–Kier alpha value is -1.35. The van der Waals surface area contributed by atoms with Gasteiger partial charge in [0, 0.05) is 6.04 Å². The van der Waals surface area contributed by atoms with Crippen molar-refractivity contribution in [2.75, 3.05) is 6.54 Å². The van der Waals surface area contributed by atoms with Crippen molar-refractivity contribution in [2.24, 2.45) is 5.92 Å². The van der Waals surface area contributed by atoms with E-state index in [-0.39, 0.29) is 0 Å². The van der Waals surface area contributed by atoms with Crippen LogP contribution < -0.4 is 5.32 Å². The predicted octanol–water partition coefficient (Wildman–Crippen LogP) is 3.67. The highest BCUT2D eigenvalue weighted by Gasteiger charge is 2.12. The van der Waals surface area contributed by atoms with E-state index in [1.807, 2.05) is 0 Å². The van der Waals surface area contributed by atoms with Crippen molar-refractivity contribution < 1.29 is 0 Å². The number of rotatable bonds is 5. The standard InChI is InChI=1S/C16H25N3/c1-11(2)9-17-10-16-18-14-8-13(5)6-7-15(14)19(16)12(3)4/h6-8,11-12,17H,9-10H2,1-5H3. The maximum absolute atomic E-state index is 4.79. The summed E-state index contributed by atoms with van der Waals surface area (Å²) in [5.74, 6) is 1.80. The smallest absolute Gasteiger partial charge is 0.124 e. The average molecular weight is 259 g/mol. The molecule has 0 aliphatic rings. The van der Waals surface area contributed by atoms with E-state index in [1.165, 1.54) is 11.1 Å². The molecule has 1 heterocycles. The van der Waals surface area contributed by atoms with Gasteiger partial charge in [-0.3, -0.25) is 0 Å². The lowest BCUT2D eigenvalue weighted by molar-refractivity contribution is 0.514. The second kappa shape index (κ2) is 5.74. The molecule has 1 aromatic carbocycles. The zero-order chi connectivity index (χ0) is 14.0. The van der Waals surface area contributed by atoms with Gasteiger partial charge in [0.25, 0.3) is 0 Å². The number of nitrogens with one attached hydrogen (secondary N) is 1. The van der Waals surface area contributed by atoms with Gasteiger partial charge in [-0.05, 0) is 50.9 Å². The van der Waals surface area contributed by atoms with Crippen LogP contribution in [0, 0.1) is 12.8 Å². The van der Waals surface area contributed by atoms with Gasteiger partial charge in [0.05, 0.1) is 17.6 Å². The van der Waals surface area contributed by atoms with Crippen molar-refractivity contribution in [1.29, 1.82) is 0 Å². The zero-order valence-corrected chi connectivity index (χ0v) is 12.7. The van der Waals surface area contributed by atoms with Crippen LogP contribution in [0.2, 0.25) is 0 Å². The number of fused-ring (bicyclic) bond motifs is 1. The summed E-state index contributed by atoms with van der Waals surface area (Å²) in [6.45, 7) is 12.9. The minimum atomic E-state index is 0.434. The van der Waals surface area contributed by atoms with Crippen LogP contribution in [-0.2, 0) is 6.54 Å². The van der Waals surface area contributed by atoms with Crippen molar-refractivity contribution >= 4 is 11.0 Å². The molecule has 3 nitrogen and oxygen atoms in total. The van der Waals surface area contributed by atoms with Gasteiger partial charge in [0.15, 0.2) is 0 Å². The van der Waals surface area contributed by atoms with Crippen molar-refractivity contribution in [3.63, 3.8) is 0 Å². The minimum Gasteiger partial charge on any atom is -0.324 e. The molecule has 0 amide bonds. The Morgan fingerprint density at radius 2 is 1.95 bits per heavy atom. The van der Waals surface area contributed by atoms with E-state index in [1.54, 1.807) is 0 Å². The van der Waals surface area contributed by atoms with Crippen molar-refractivity contribution in [3.8, 4) is 0 Å². The molecule has 0 aliphatic carbocycles. The number of hydrogen-bond acceptors (Lipinski definition) is 2. The Labute approximate surface area is 116 Å². The third-order valence-corrected chi connectivity index (χ3v) is 3.27. The van der Waals surface area contributed by atoms with Gasteiger partial charge in [-0.2, -0.15) is 0 Å². The molecular weight excluding hydrogens is 234 g/mol. The summed E-state index contributed by atoms with van der Waals surface area (Å²) in [6.07, 6.45) is 0.